The lowest BCUT2D eigenvalue weighted by molar-refractivity contribution is 0.387. The van der Waals surface area contributed by atoms with E-state index in [9.17, 15) is 8.42 Å². The normalized spacial score (nSPS) is 21.3. The molecule has 0 amide bonds. The van der Waals surface area contributed by atoms with Gasteiger partial charge >= 0.3 is 0 Å². The van der Waals surface area contributed by atoms with Crippen molar-refractivity contribution in [1.82, 2.24) is 19.8 Å². The molecule has 1 unspecified atom stereocenters. The largest absolute Gasteiger partial charge is 0.315 e. The van der Waals surface area contributed by atoms with Gasteiger partial charge in [0.15, 0.2) is 0 Å². The van der Waals surface area contributed by atoms with Crippen LogP contribution in [0, 0.1) is 13.8 Å². The molecule has 0 spiro atoms. The van der Waals surface area contributed by atoms with E-state index < -0.39 is 10.0 Å². The monoisotopic (exact) mass is 258 g/mol. The number of aryl methyl sites for hydroxylation is 2. The predicted molar refractivity (Wildman–Crippen MR) is 64.3 cm³/mol. The van der Waals surface area contributed by atoms with E-state index >= 15 is 0 Å². The molecule has 17 heavy (non-hydrogen) atoms. The van der Waals surface area contributed by atoms with Gasteiger partial charge in [-0.05, 0) is 26.8 Å². The average Bonchev–Trinajstić information content (AvgIpc) is 2.87. The minimum Gasteiger partial charge on any atom is -0.315 e. The Morgan fingerprint density at radius 1 is 1.41 bits per heavy atom. The maximum atomic E-state index is 12.5. The number of hydrogen-bond acceptors (Lipinski definition) is 4. The summed E-state index contributed by atoms with van der Waals surface area (Å²) in [7, 11) is -1.80. The minimum atomic E-state index is -3.44. The van der Waals surface area contributed by atoms with Crippen molar-refractivity contribution in [2.75, 3.05) is 20.1 Å². The van der Waals surface area contributed by atoms with Crippen molar-refractivity contribution in [2.24, 2.45) is 0 Å². The van der Waals surface area contributed by atoms with E-state index in [0.29, 0.717) is 22.8 Å². The number of sulfonamides is 1. The summed E-state index contributed by atoms with van der Waals surface area (Å²) in [5, 5.41) is 9.83. The summed E-state index contributed by atoms with van der Waals surface area (Å²) >= 11 is 0. The Morgan fingerprint density at radius 3 is 2.59 bits per heavy atom. The Bertz CT molecular complexity index is 483. The topological polar surface area (TPSA) is 78.1 Å². The Hall–Kier alpha value is -0.920. The van der Waals surface area contributed by atoms with Gasteiger partial charge < -0.3 is 5.32 Å². The first-order valence-electron chi connectivity index (χ1n) is 5.65. The van der Waals surface area contributed by atoms with Gasteiger partial charge in [0.2, 0.25) is 10.0 Å². The van der Waals surface area contributed by atoms with Crippen molar-refractivity contribution < 1.29 is 8.42 Å². The maximum Gasteiger partial charge on any atom is 0.246 e. The summed E-state index contributed by atoms with van der Waals surface area (Å²) in [4.78, 5) is 0.312. The summed E-state index contributed by atoms with van der Waals surface area (Å²) < 4.78 is 26.4. The summed E-state index contributed by atoms with van der Waals surface area (Å²) in [5.41, 5.74) is 1.13. The standard InChI is InChI=1S/C10H18N4O2S/c1-7-10(8(2)13-12-7)17(15,16)14(3)9-4-5-11-6-9/h9,11H,4-6H2,1-3H3,(H,12,13). The van der Waals surface area contributed by atoms with Crippen molar-refractivity contribution >= 4 is 10.0 Å². The molecule has 0 aliphatic carbocycles. The van der Waals surface area contributed by atoms with Crippen LogP contribution in [0.25, 0.3) is 0 Å². The Morgan fingerprint density at radius 2 is 2.12 bits per heavy atom. The van der Waals surface area contributed by atoms with Crippen LogP contribution in [0.4, 0.5) is 0 Å². The molecule has 1 atom stereocenters. The zero-order chi connectivity index (χ0) is 12.6. The van der Waals surface area contributed by atoms with Gasteiger partial charge in [-0.3, -0.25) is 5.10 Å². The Kier molecular flexibility index (Phi) is 3.24. The first kappa shape index (κ1) is 12.5. The number of aromatic nitrogens is 2. The molecule has 1 saturated heterocycles. The number of H-pyrrole nitrogens is 1. The van der Waals surface area contributed by atoms with Gasteiger partial charge in [0.25, 0.3) is 0 Å². The van der Waals surface area contributed by atoms with Crippen molar-refractivity contribution in [3.05, 3.63) is 11.4 Å². The first-order chi connectivity index (χ1) is 7.94. The molecule has 1 fully saturated rings. The highest BCUT2D eigenvalue weighted by atomic mass is 32.2. The number of nitrogens with one attached hydrogen (secondary N) is 2. The van der Waals surface area contributed by atoms with Gasteiger partial charge in [0.05, 0.1) is 11.4 Å². The van der Waals surface area contributed by atoms with Crippen LogP contribution >= 0.6 is 0 Å². The molecule has 2 rings (SSSR count). The van der Waals surface area contributed by atoms with E-state index in [-0.39, 0.29) is 6.04 Å². The van der Waals surface area contributed by atoms with Crippen molar-refractivity contribution in [3.63, 3.8) is 0 Å². The molecule has 0 saturated carbocycles. The van der Waals surface area contributed by atoms with E-state index in [0.717, 1.165) is 13.0 Å². The van der Waals surface area contributed by atoms with Gasteiger partial charge in [0, 0.05) is 19.6 Å². The predicted octanol–water partition coefficient (Wildman–Crippen LogP) is 0.00894. The van der Waals surface area contributed by atoms with Crippen molar-refractivity contribution in [3.8, 4) is 0 Å². The first-order valence-corrected chi connectivity index (χ1v) is 7.09. The second-order valence-corrected chi connectivity index (χ2v) is 6.37. The Labute approximate surface area is 101 Å². The van der Waals surface area contributed by atoms with Gasteiger partial charge in [-0.2, -0.15) is 9.40 Å². The lowest BCUT2D eigenvalue weighted by atomic mass is 10.3. The van der Waals surface area contributed by atoms with Crippen molar-refractivity contribution in [1.29, 1.82) is 0 Å². The van der Waals surface area contributed by atoms with E-state index in [4.69, 9.17) is 0 Å². The number of rotatable bonds is 3. The molecule has 2 heterocycles. The zero-order valence-corrected chi connectivity index (χ0v) is 11.1. The van der Waals surface area contributed by atoms with Crippen LogP contribution in [-0.4, -0.2) is 49.1 Å². The van der Waals surface area contributed by atoms with E-state index in [1.165, 1.54) is 4.31 Å². The van der Waals surface area contributed by atoms with E-state index in [1.54, 1.807) is 20.9 Å². The van der Waals surface area contributed by atoms with Gasteiger partial charge in [-0.25, -0.2) is 8.42 Å². The molecular formula is C10H18N4O2S. The molecule has 6 nitrogen and oxygen atoms in total. The second kappa shape index (κ2) is 4.40. The fourth-order valence-electron chi connectivity index (χ4n) is 2.21. The lowest BCUT2D eigenvalue weighted by Gasteiger charge is -2.23. The van der Waals surface area contributed by atoms with Crippen LogP contribution in [-0.2, 0) is 10.0 Å². The van der Waals surface area contributed by atoms with Gasteiger partial charge in [-0.15, -0.1) is 0 Å². The zero-order valence-electron chi connectivity index (χ0n) is 10.3. The highest BCUT2D eigenvalue weighted by Gasteiger charge is 2.33. The van der Waals surface area contributed by atoms with Crippen LogP contribution in [0.1, 0.15) is 17.8 Å². The third kappa shape index (κ3) is 2.10. The van der Waals surface area contributed by atoms with Crippen LogP contribution in [0.5, 0.6) is 0 Å². The molecular weight excluding hydrogens is 240 g/mol. The third-order valence-electron chi connectivity index (χ3n) is 3.25. The number of nitrogens with zero attached hydrogens (tertiary/aromatic N) is 2. The number of hydrogen-bond donors (Lipinski definition) is 2. The minimum absolute atomic E-state index is 0.0358. The van der Waals surface area contributed by atoms with Crippen molar-refractivity contribution in [2.45, 2.75) is 31.2 Å². The molecule has 2 N–H and O–H groups in total. The van der Waals surface area contributed by atoms with Gasteiger partial charge in [0.1, 0.15) is 4.90 Å². The molecule has 7 heteroatoms. The summed E-state index contributed by atoms with van der Waals surface area (Å²) in [6.07, 6.45) is 0.853. The van der Waals surface area contributed by atoms with E-state index in [2.05, 4.69) is 15.5 Å². The highest BCUT2D eigenvalue weighted by Crippen LogP contribution is 2.23. The highest BCUT2D eigenvalue weighted by molar-refractivity contribution is 7.89. The fraction of sp³-hybridized carbons (Fsp3) is 0.700. The van der Waals surface area contributed by atoms with Crippen LogP contribution in [0.3, 0.4) is 0 Å². The maximum absolute atomic E-state index is 12.5. The van der Waals surface area contributed by atoms with Crippen LogP contribution in [0.2, 0.25) is 0 Å². The van der Waals surface area contributed by atoms with Crippen LogP contribution < -0.4 is 5.32 Å². The van der Waals surface area contributed by atoms with E-state index in [1.807, 2.05) is 0 Å². The van der Waals surface area contributed by atoms with Gasteiger partial charge in [-0.1, -0.05) is 0 Å². The molecule has 96 valence electrons. The lowest BCUT2D eigenvalue weighted by Crippen LogP contribution is -2.38. The SMILES string of the molecule is Cc1n[nH]c(C)c1S(=O)(=O)N(C)C1CCNC1. The number of aromatic amines is 1. The molecule has 0 aromatic carbocycles. The summed E-state index contributed by atoms with van der Waals surface area (Å²) in [6.45, 7) is 5.02. The molecule has 1 aromatic rings. The summed E-state index contributed by atoms with van der Waals surface area (Å²) in [6, 6.07) is 0.0358. The molecule has 1 aliphatic heterocycles. The molecule has 1 aromatic heterocycles. The third-order valence-corrected chi connectivity index (χ3v) is 5.42. The quantitative estimate of drug-likeness (QED) is 0.800. The molecule has 0 bridgehead atoms. The average molecular weight is 258 g/mol. The number of likely N-dealkylation sites (N-methyl/N-ethyl adjacent to an activating group) is 1. The van der Waals surface area contributed by atoms with Crippen LogP contribution in [0.15, 0.2) is 4.90 Å². The molecule has 1 aliphatic rings. The fourth-order valence-corrected chi connectivity index (χ4v) is 3.92. The second-order valence-electron chi connectivity index (χ2n) is 4.43. The smallest absolute Gasteiger partial charge is 0.246 e. The Balaban J connectivity index is 2.36. The summed E-state index contributed by atoms with van der Waals surface area (Å²) in [5.74, 6) is 0. The molecule has 0 radical (unpaired) electrons.